The van der Waals surface area contributed by atoms with Gasteiger partial charge in [0.05, 0.1) is 17.9 Å². The Hall–Kier alpha value is -3.00. The molecular weight excluding hydrogens is 342 g/mol. The van der Waals surface area contributed by atoms with Gasteiger partial charge in [-0.05, 0) is 37.3 Å². The molecule has 0 saturated heterocycles. The van der Waals surface area contributed by atoms with Crippen molar-refractivity contribution in [2.75, 3.05) is 6.61 Å². The maximum Gasteiger partial charge on any atom is 0.338 e. The number of hydrogen-bond donors (Lipinski definition) is 2. The zero-order chi connectivity index (χ0) is 18.4. The number of ether oxygens (including phenoxy) is 1. The summed E-state index contributed by atoms with van der Waals surface area (Å²) < 4.78 is 6.34. The zero-order valence-corrected chi connectivity index (χ0v) is 14.4. The van der Waals surface area contributed by atoms with E-state index < -0.39 is 11.5 Å². The van der Waals surface area contributed by atoms with Gasteiger partial charge in [0.1, 0.15) is 5.56 Å². The van der Waals surface area contributed by atoms with Crippen LogP contribution in [-0.4, -0.2) is 33.4 Å². The number of aromatic nitrogens is 2. The molecule has 7 nitrogen and oxygen atoms in total. The molecule has 1 aromatic carbocycles. The van der Waals surface area contributed by atoms with Gasteiger partial charge >= 0.3 is 5.97 Å². The third-order valence-electron chi connectivity index (χ3n) is 3.22. The fraction of sp³-hybridized carbons (Fsp3) is 0.176. The van der Waals surface area contributed by atoms with Crippen molar-refractivity contribution >= 4 is 30.1 Å². The van der Waals surface area contributed by atoms with Crippen molar-refractivity contribution < 1.29 is 14.6 Å². The van der Waals surface area contributed by atoms with Crippen LogP contribution in [0.3, 0.4) is 0 Å². The van der Waals surface area contributed by atoms with Crippen molar-refractivity contribution in [2.24, 2.45) is 4.99 Å². The maximum absolute atomic E-state index is 12.0. The Balaban J connectivity index is 2.40. The zero-order valence-electron chi connectivity index (χ0n) is 13.6. The number of carbonyl (C=O) groups excluding carboxylic acids is 1. The largest absolute Gasteiger partial charge is 0.494 e. The fourth-order valence-corrected chi connectivity index (χ4v) is 2.31. The summed E-state index contributed by atoms with van der Waals surface area (Å²) >= 11 is 5.00. The molecule has 0 saturated carbocycles. The van der Waals surface area contributed by atoms with E-state index in [1.54, 1.807) is 25.1 Å². The molecule has 0 fully saturated rings. The number of rotatable bonds is 6. The second kappa shape index (κ2) is 8.20. The third kappa shape index (κ3) is 4.30. The Labute approximate surface area is 148 Å². The molecule has 2 rings (SSSR count). The van der Waals surface area contributed by atoms with Crippen LogP contribution in [0.2, 0.25) is 0 Å². The van der Waals surface area contributed by atoms with E-state index in [-0.39, 0.29) is 29.4 Å². The second-order valence-corrected chi connectivity index (χ2v) is 5.31. The third-order valence-corrected chi connectivity index (χ3v) is 3.54. The standard InChI is InChI=1S/C17H17N3O4S/c1-3-8-20-15(22)13(14(21)19-17(20)25)10-18-12-7-5-6-11(9-12)16(23)24-4-2/h3,5-7,9-10,22H,1,4,8H2,2H3,(H,19,21,25). The minimum absolute atomic E-state index is 0.0445. The topological polar surface area (TPSA) is 96.7 Å². The summed E-state index contributed by atoms with van der Waals surface area (Å²) in [6.07, 6.45) is 2.75. The molecular formula is C17H17N3O4S. The Morgan fingerprint density at radius 2 is 2.28 bits per heavy atom. The van der Waals surface area contributed by atoms with Crippen LogP contribution in [0.15, 0.2) is 46.7 Å². The number of H-pyrrole nitrogens is 1. The number of aromatic amines is 1. The number of aliphatic imine (C=N–C) groups is 1. The molecule has 25 heavy (non-hydrogen) atoms. The Kier molecular flexibility index (Phi) is 6.02. The number of carbonyl (C=O) groups is 1. The number of nitrogens with zero attached hydrogens (tertiary/aromatic N) is 2. The molecule has 0 amide bonds. The lowest BCUT2D eigenvalue weighted by Crippen LogP contribution is -2.18. The highest BCUT2D eigenvalue weighted by atomic mass is 32.1. The predicted molar refractivity (Wildman–Crippen MR) is 97.4 cm³/mol. The molecule has 0 aliphatic heterocycles. The van der Waals surface area contributed by atoms with Crippen LogP contribution < -0.4 is 5.56 Å². The van der Waals surface area contributed by atoms with Gasteiger partial charge in [-0.15, -0.1) is 6.58 Å². The van der Waals surface area contributed by atoms with Gasteiger partial charge in [-0.2, -0.15) is 0 Å². The van der Waals surface area contributed by atoms with Crippen molar-refractivity contribution in [1.82, 2.24) is 9.55 Å². The monoisotopic (exact) mass is 359 g/mol. The summed E-state index contributed by atoms with van der Waals surface area (Å²) in [6.45, 7) is 5.80. The molecule has 0 aliphatic carbocycles. The molecule has 8 heteroatoms. The predicted octanol–water partition coefficient (Wildman–Crippen LogP) is 2.72. The van der Waals surface area contributed by atoms with Gasteiger partial charge in [-0.1, -0.05) is 12.1 Å². The average molecular weight is 359 g/mol. The van der Waals surface area contributed by atoms with E-state index in [0.29, 0.717) is 11.3 Å². The number of nitrogens with one attached hydrogen (secondary N) is 1. The Morgan fingerprint density at radius 3 is 2.96 bits per heavy atom. The molecule has 2 aromatic rings. The molecule has 0 unspecified atom stereocenters. The van der Waals surface area contributed by atoms with Gasteiger partial charge in [0.25, 0.3) is 5.56 Å². The van der Waals surface area contributed by atoms with Gasteiger partial charge in [0.15, 0.2) is 4.77 Å². The lowest BCUT2D eigenvalue weighted by Gasteiger charge is -2.08. The fourth-order valence-electron chi connectivity index (χ4n) is 2.06. The first kappa shape index (κ1) is 18.3. The first-order valence-corrected chi connectivity index (χ1v) is 7.87. The number of esters is 1. The summed E-state index contributed by atoms with van der Waals surface area (Å²) in [5.41, 5.74) is 0.171. The van der Waals surface area contributed by atoms with Gasteiger partial charge in [0.2, 0.25) is 5.88 Å². The highest BCUT2D eigenvalue weighted by molar-refractivity contribution is 7.71. The summed E-state index contributed by atoms with van der Waals surface area (Å²) in [5, 5.41) is 10.2. The molecule has 0 atom stereocenters. The van der Waals surface area contributed by atoms with Crippen LogP contribution in [0.5, 0.6) is 5.88 Å². The van der Waals surface area contributed by atoms with Gasteiger partial charge in [-0.3, -0.25) is 19.3 Å². The van der Waals surface area contributed by atoms with E-state index in [1.165, 1.54) is 22.9 Å². The van der Waals surface area contributed by atoms with E-state index in [4.69, 9.17) is 17.0 Å². The minimum Gasteiger partial charge on any atom is -0.494 e. The summed E-state index contributed by atoms with van der Waals surface area (Å²) in [6, 6.07) is 6.43. The first-order chi connectivity index (χ1) is 12.0. The summed E-state index contributed by atoms with van der Waals surface area (Å²) in [7, 11) is 0. The van der Waals surface area contributed by atoms with E-state index in [9.17, 15) is 14.7 Å². The number of allylic oxidation sites excluding steroid dienone is 1. The molecule has 0 bridgehead atoms. The number of benzene rings is 1. The molecule has 0 aliphatic rings. The SMILES string of the molecule is C=CCn1c(O)c(C=Nc2cccc(C(=O)OCC)c2)c(=O)[nH]c1=S. The quantitative estimate of drug-likeness (QED) is 0.358. The van der Waals surface area contributed by atoms with Crippen molar-refractivity contribution in [3.8, 4) is 5.88 Å². The summed E-state index contributed by atoms with van der Waals surface area (Å²) in [4.78, 5) is 30.4. The number of hydrogen-bond acceptors (Lipinski definition) is 6. The van der Waals surface area contributed by atoms with Crippen LogP contribution in [0.4, 0.5) is 5.69 Å². The normalized spacial score (nSPS) is 10.8. The van der Waals surface area contributed by atoms with E-state index in [0.717, 1.165) is 0 Å². The van der Waals surface area contributed by atoms with Crippen molar-refractivity contribution in [1.29, 1.82) is 0 Å². The highest BCUT2D eigenvalue weighted by Crippen LogP contribution is 2.17. The van der Waals surface area contributed by atoms with Gasteiger partial charge in [-0.25, -0.2) is 4.79 Å². The van der Waals surface area contributed by atoms with Gasteiger partial charge < -0.3 is 9.84 Å². The second-order valence-electron chi connectivity index (χ2n) is 4.92. The van der Waals surface area contributed by atoms with Crippen molar-refractivity contribution in [2.45, 2.75) is 13.5 Å². The van der Waals surface area contributed by atoms with Crippen LogP contribution >= 0.6 is 12.2 Å². The lowest BCUT2D eigenvalue weighted by molar-refractivity contribution is 0.0526. The highest BCUT2D eigenvalue weighted by Gasteiger charge is 2.10. The Morgan fingerprint density at radius 1 is 1.52 bits per heavy atom. The number of aromatic hydroxyl groups is 1. The maximum atomic E-state index is 12.0. The van der Waals surface area contributed by atoms with E-state index >= 15 is 0 Å². The first-order valence-electron chi connectivity index (χ1n) is 7.46. The van der Waals surface area contributed by atoms with Crippen LogP contribution in [0.1, 0.15) is 22.8 Å². The van der Waals surface area contributed by atoms with E-state index in [2.05, 4.69) is 16.6 Å². The van der Waals surface area contributed by atoms with Crippen LogP contribution in [-0.2, 0) is 11.3 Å². The van der Waals surface area contributed by atoms with Crippen molar-refractivity contribution in [3.05, 3.63) is 63.2 Å². The molecule has 2 N–H and O–H groups in total. The molecule has 130 valence electrons. The lowest BCUT2D eigenvalue weighted by atomic mass is 10.2. The average Bonchev–Trinajstić information content (AvgIpc) is 2.59. The van der Waals surface area contributed by atoms with Crippen LogP contribution in [0.25, 0.3) is 0 Å². The van der Waals surface area contributed by atoms with Gasteiger partial charge in [0, 0.05) is 12.8 Å². The molecule has 1 heterocycles. The van der Waals surface area contributed by atoms with E-state index in [1.807, 2.05) is 0 Å². The molecule has 1 aromatic heterocycles. The smallest absolute Gasteiger partial charge is 0.338 e. The Bertz CT molecular complexity index is 944. The molecule has 0 spiro atoms. The van der Waals surface area contributed by atoms with Crippen LogP contribution in [0, 0.1) is 4.77 Å². The molecule has 0 radical (unpaired) electrons. The van der Waals surface area contributed by atoms with Crippen molar-refractivity contribution in [3.63, 3.8) is 0 Å². The summed E-state index contributed by atoms with van der Waals surface area (Å²) in [5.74, 6) is -0.765. The minimum atomic E-state index is -0.562.